The molecule has 0 unspecified atom stereocenters. The van der Waals surface area contributed by atoms with Crippen molar-refractivity contribution in [1.82, 2.24) is 20.2 Å². The molecule has 0 saturated carbocycles. The van der Waals surface area contributed by atoms with Crippen LogP contribution in [0.3, 0.4) is 0 Å². The number of nitrogens with one attached hydrogen (secondary N) is 2. The Hall–Kier alpha value is -2.86. The highest BCUT2D eigenvalue weighted by molar-refractivity contribution is 6.29. The van der Waals surface area contributed by atoms with E-state index in [4.69, 9.17) is 11.6 Å². The zero-order valence-electron chi connectivity index (χ0n) is 13.7. The number of hydrogen-bond acceptors (Lipinski definition) is 3. The molecule has 2 amide bonds. The van der Waals surface area contributed by atoms with Gasteiger partial charge in [0.15, 0.2) is 0 Å². The summed E-state index contributed by atoms with van der Waals surface area (Å²) in [5, 5.41) is 4.18. The number of fused-ring (bicyclic) bond motifs is 4. The molecule has 130 valence electrons. The minimum absolute atomic E-state index is 0.0163. The molecule has 0 spiro atoms. The minimum atomic E-state index is -0.524. The van der Waals surface area contributed by atoms with E-state index in [2.05, 4.69) is 15.3 Å². The van der Waals surface area contributed by atoms with Crippen molar-refractivity contribution in [3.8, 4) is 0 Å². The van der Waals surface area contributed by atoms with Crippen molar-refractivity contribution >= 4 is 34.3 Å². The van der Waals surface area contributed by atoms with E-state index in [1.807, 2.05) is 30.3 Å². The van der Waals surface area contributed by atoms with Crippen molar-refractivity contribution in [2.75, 3.05) is 6.54 Å². The average molecular weight is 367 g/mol. The summed E-state index contributed by atoms with van der Waals surface area (Å²) in [5.74, 6) is -0.216. The first kappa shape index (κ1) is 15.4. The third-order valence-electron chi connectivity index (χ3n) is 5.20. The molecule has 4 heterocycles. The molecular formula is C19H15ClN4O2. The van der Waals surface area contributed by atoms with Crippen molar-refractivity contribution in [2.24, 2.45) is 0 Å². The molecule has 0 radical (unpaired) electrons. The maximum Gasteiger partial charge on any atom is 0.243 e. The van der Waals surface area contributed by atoms with Gasteiger partial charge in [0.1, 0.15) is 11.2 Å². The van der Waals surface area contributed by atoms with Crippen LogP contribution in [0.5, 0.6) is 0 Å². The molecule has 1 aromatic carbocycles. The highest BCUT2D eigenvalue weighted by Gasteiger charge is 2.45. The number of hydrogen-bond donors (Lipinski definition) is 2. The number of halogens is 1. The molecule has 2 atom stereocenters. The fraction of sp³-hybridized carbons (Fsp3) is 0.211. The van der Waals surface area contributed by atoms with E-state index >= 15 is 0 Å². The lowest BCUT2D eigenvalue weighted by atomic mass is 9.87. The van der Waals surface area contributed by atoms with Crippen molar-refractivity contribution in [3.05, 3.63) is 64.6 Å². The van der Waals surface area contributed by atoms with Crippen LogP contribution < -0.4 is 5.32 Å². The highest BCUT2D eigenvalue weighted by atomic mass is 35.5. The number of piperazine rings is 1. The summed E-state index contributed by atoms with van der Waals surface area (Å²) in [4.78, 5) is 34.5. The van der Waals surface area contributed by atoms with Crippen LogP contribution >= 0.6 is 11.6 Å². The minimum Gasteiger partial charge on any atom is -0.356 e. The predicted molar refractivity (Wildman–Crippen MR) is 96.7 cm³/mol. The van der Waals surface area contributed by atoms with E-state index in [9.17, 15) is 9.59 Å². The van der Waals surface area contributed by atoms with E-state index in [0.717, 1.165) is 27.7 Å². The molecule has 3 aromatic rings. The maximum atomic E-state index is 12.7. The molecule has 7 heteroatoms. The largest absolute Gasteiger partial charge is 0.356 e. The lowest BCUT2D eigenvalue weighted by Crippen LogP contribution is -2.61. The summed E-state index contributed by atoms with van der Waals surface area (Å²) in [6.07, 6.45) is 2.17. The second-order valence-electron chi connectivity index (χ2n) is 6.62. The molecule has 1 fully saturated rings. The number of H-pyrrole nitrogens is 1. The van der Waals surface area contributed by atoms with Gasteiger partial charge in [0.25, 0.3) is 0 Å². The van der Waals surface area contributed by atoms with Crippen LogP contribution in [0, 0.1) is 0 Å². The van der Waals surface area contributed by atoms with Gasteiger partial charge in [0.05, 0.1) is 12.6 Å². The quantitative estimate of drug-likeness (QED) is 0.648. The highest BCUT2D eigenvalue weighted by Crippen LogP contribution is 2.41. The molecule has 26 heavy (non-hydrogen) atoms. The molecule has 0 bridgehead atoms. The molecule has 2 N–H and O–H groups in total. The molecule has 0 aliphatic carbocycles. The van der Waals surface area contributed by atoms with Crippen LogP contribution in [0.25, 0.3) is 10.9 Å². The number of carbonyl (C=O) groups is 2. The molecular weight excluding hydrogens is 352 g/mol. The van der Waals surface area contributed by atoms with Gasteiger partial charge >= 0.3 is 0 Å². The van der Waals surface area contributed by atoms with Crippen molar-refractivity contribution in [2.45, 2.75) is 18.5 Å². The van der Waals surface area contributed by atoms with Gasteiger partial charge in [0, 0.05) is 29.2 Å². The average Bonchev–Trinajstić information content (AvgIpc) is 3.03. The maximum absolute atomic E-state index is 12.7. The number of aromatic nitrogens is 2. The Morgan fingerprint density at radius 2 is 2.00 bits per heavy atom. The Balaban J connectivity index is 1.77. The topological polar surface area (TPSA) is 78.1 Å². The number of para-hydroxylation sites is 1. The standard InChI is InChI=1S/C19H15ClN4O2/c20-15-6-5-10(8-21-15)18-17-12(11-3-1-2-4-13(11)23-17)7-14-19(26)22-9-16(25)24(14)18/h1-6,8,14,18,23H,7,9H2,(H,22,26)/t14-,18+/m1/s1. The Morgan fingerprint density at radius 1 is 1.15 bits per heavy atom. The summed E-state index contributed by atoms with van der Waals surface area (Å²) in [5.41, 5.74) is 3.84. The molecule has 2 aliphatic heterocycles. The van der Waals surface area contributed by atoms with Gasteiger partial charge in [-0.2, -0.15) is 0 Å². The first-order valence-electron chi connectivity index (χ1n) is 8.43. The van der Waals surface area contributed by atoms with Gasteiger partial charge in [-0.1, -0.05) is 35.9 Å². The van der Waals surface area contributed by atoms with Gasteiger partial charge in [-0.25, -0.2) is 4.98 Å². The summed E-state index contributed by atoms with van der Waals surface area (Å²) in [6, 6.07) is 10.6. The van der Waals surface area contributed by atoms with Crippen LogP contribution in [-0.4, -0.2) is 39.3 Å². The monoisotopic (exact) mass is 366 g/mol. The van der Waals surface area contributed by atoms with Crippen LogP contribution in [-0.2, 0) is 16.0 Å². The lowest BCUT2D eigenvalue weighted by molar-refractivity contribution is -0.148. The molecule has 6 nitrogen and oxygen atoms in total. The zero-order chi connectivity index (χ0) is 17.8. The first-order valence-corrected chi connectivity index (χ1v) is 8.81. The van der Waals surface area contributed by atoms with Crippen LogP contribution in [0.1, 0.15) is 22.9 Å². The number of aromatic amines is 1. The van der Waals surface area contributed by atoms with Gasteiger partial charge in [-0.3, -0.25) is 9.59 Å². The summed E-state index contributed by atoms with van der Waals surface area (Å²) < 4.78 is 0. The van der Waals surface area contributed by atoms with Crippen LogP contribution in [0.15, 0.2) is 42.6 Å². The second kappa shape index (κ2) is 5.57. The summed E-state index contributed by atoms with van der Waals surface area (Å²) in [6.45, 7) is 0.0163. The van der Waals surface area contributed by atoms with Crippen molar-refractivity contribution in [1.29, 1.82) is 0 Å². The molecule has 2 aromatic heterocycles. The Bertz CT molecular complexity index is 1040. The van der Waals surface area contributed by atoms with Gasteiger partial charge in [-0.05, 0) is 23.3 Å². The molecule has 1 saturated heterocycles. The van der Waals surface area contributed by atoms with E-state index < -0.39 is 6.04 Å². The number of rotatable bonds is 1. The van der Waals surface area contributed by atoms with Crippen LogP contribution in [0.4, 0.5) is 0 Å². The summed E-state index contributed by atoms with van der Waals surface area (Å²) >= 11 is 5.94. The fourth-order valence-electron chi connectivity index (χ4n) is 4.07. The third kappa shape index (κ3) is 2.15. The van der Waals surface area contributed by atoms with E-state index in [-0.39, 0.29) is 24.4 Å². The first-order chi connectivity index (χ1) is 12.6. The van der Waals surface area contributed by atoms with E-state index in [0.29, 0.717) is 11.6 Å². The predicted octanol–water partition coefficient (Wildman–Crippen LogP) is 2.19. The third-order valence-corrected chi connectivity index (χ3v) is 5.43. The Kier molecular flexibility index (Phi) is 3.30. The Labute approximate surface area is 154 Å². The number of pyridine rings is 1. The lowest BCUT2D eigenvalue weighted by Gasteiger charge is -2.43. The fourth-order valence-corrected chi connectivity index (χ4v) is 4.18. The normalized spacial score (nSPS) is 22.1. The zero-order valence-corrected chi connectivity index (χ0v) is 14.5. The summed E-state index contributed by atoms with van der Waals surface area (Å²) in [7, 11) is 0. The van der Waals surface area contributed by atoms with Crippen molar-refractivity contribution in [3.63, 3.8) is 0 Å². The van der Waals surface area contributed by atoms with Gasteiger partial charge < -0.3 is 15.2 Å². The van der Waals surface area contributed by atoms with Gasteiger partial charge in [0.2, 0.25) is 11.8 Å². The molecule has 2 aliphatic rings. The van der Waals surface area contributed by atoms with E-state index in [1.54, 1.807) is 17.2 Å². The number of carbonyl (C=O) groups excluding carboxylic acids is 2. The van der Waals surface area contributed by atoms with Crippen LogP contribution in [0.2, 0.25) is 5.15 Å². The SMILES string of the molecule is O=C1NCC(=O)N2[C@@H](c3ccc(Cl)nc3)c3[nH]c4ccccc4c3C[C@H]12. The smallest absolute Gasteiger partial charge is 0.243 e. The number of benzene rings is 1. The van der Waals surface area contributed by atoms with E-state index in [1.165, 1.54) is 0 Å². The van der Waals surface area contributed by atoms with Gasteiger partial charge in [-0.15, -0.1) is 0 Å². The second-order valence-corrected chi connectivity index (χ2v) is 7.01. The Morgan fingerprint density at radius 3 is 2.81 bits per heavy atom. The number of amides is 2. The van der Waals surface area contributed by atoms with Crippen molar-refractivity contribution < 1.29 is 9.59 Å². The molecule has 5 rings (SSSR count). The number of nitrogens with zero attached hydrogens (tertiary/aromatic N) is 2.